The molecule has 2 fully saturated rings. The molecule has 0 spiro atoms. The van der Waals surface area contributed by atoms with Crippen molar-refractivity contribution in [1.82, 2.24) is 15.3 Å². The van der Waals surface area contributed by atoms with Crippen LogP contribution in [0.3, 0.4) is 0 Å². The van der Waals surface area contributed by atoms with Crippen LogP contribution in [0.4, 0.5) is 4.79 Å². The van der Waals surface area contributed by atoms with Crippen LogP contribution in [0, 0.1) is 5.92 Å². The van der Waals surface area contributed by atoms with E-state index in [2.05, 4.69) is 12.1 Å². The molecule has 1 aromatic carbocycles. The Bertz CT molecular complexity index is 563. The number of hydrogen-bond donors (Lipinski definition) is 2. The third kappa shape index (κ3) is 3.47. The molecule has 2 heterocycles. The van der Waals surface area contributed by atoms with Gasteiger partial charge in [-0.15, -0.1) is 0 Å². The lowest BCUT2D eigenvalue weighted by Gasteiger charge is -2.34. The number of likely N-dealkylation sites (tertiary alicyclic amines) is 2. The summed E-state index contributed by atoms with van der Waals surface area (Å²) in [6.45, 7) is 2.56. The van der Waals surface area contributed by atoms with Crippen molar-refractivity contribution < 1.29 is 14.8 Å². The van der Waals surface area contributed by atoms with Gasteiger partial charge in [-0.1, -0.05) is 30.3 Å². The molecule has 0 aliphatic carbocycles. The van der Waals surface area contributed by atoms with Gasteiger partial charge in [-0.3, -0.25) is 10.0 Å². The maximum atomic E-state index is 12.7. The van der Waals surface area contributed by atoms with E-state index in [9.17, 15) is 9.59 Å². The normalized spacial score (nSPS) is 24.6. The Labute approximate surface area is 136 Å². The van der Waals surface area contributed by atoms with Crippen LogP contribution in [0.25, 0.3) is 0 Å². The average molecular weight is 317 g/mol. The summed E-state index contributed by atoms with van der Waals surface area (Å²) in [6.07, 6.45) is 2.48. The van der Waals surface area contributed by atoms with Gasteiger partial charge in [0.25, 0.3) is 0 Å². The molecule has 2 aliphatic rings. The number of nitrogens with zero attached hydrogens (tertiary/aromatic N) is 2. The maximum absolute atomic E-state index is 12.7. The number of nitrogens with one attached hydrogen (secondary N) is 1. The Hall–Kier alpha value is -2.08. The summed E-state index contributed by atoms with van der Waals surface area (Å²) in [5.74, 6) is -0.321. The van der Waals surface area contributed by atoms with E-state index < -0.39 is 5.91 Å². The third-order valence-electron chi connectivity index (χ3n) is 4.90. The van der Waals surface area contributed by atoms with Gasteiger partial charge in [0.05, 0.1) is 5.92 Å². The van der Waals surface area contributed by atoms with E-state index in [1.54, 1.807) is 10.4 Å². The van der Waals surface area contributed by atoms with Crippen LogP contribution in [0.1, 0.15) is 30.7 Å². The minimum atomic E-state index is -0.397. The molecule has 2 saturated heterocycles. The van der Waals surface area contributed by atoms with E-state index in [1.165, 1.54) is 5.56 Å². The van der Waals surface area contributed by atoms with Gasteiger partial charge < -0.3 is 9.80 Å². The first-order valence-corrected chi connectivity index (χ1v) is 8.22. The van der Waals surface area contributed by atoms with Crippen molar-refractivity contribution in [1.29, 1.82) is 0 Å². The maximum Gasteiger partial charge on any atom is 0.320 e. The molecule has 0 bridgehead atoms. The second kappa shape index (κ2) is 7.00. The van der Waals surface area contributed by atoms with Crippen LogP contribution in [0.15, 0.2) is 30.3 Å². The lowest BCUT2D eigenvalue weighted by molar-refractivity contribution is -0.134. The van der Waals surface area contributed by atoms with Gasteiger partial charge >= 0.3 is 6.03 Å². The van der Waals surface area contributed by atoms with Crippen molar-refractivity contribution >= 4 is 11.9 Å². The fraction of sp³-hybridized carbons (Fsp3) is 0.529. The SMILES string of the molecule is O=C(NO)[C@H]1CCCN(C(=O)N2CCC(c3ccccc3)C2)C1. The quantitative estimate of drug-likeness (QED) is 0.645. The molecular weight excluding hydrogens is 294 g/mol. The smallest absolute Gasteiger partial charge is 0.320 e. The van der Waals surface area contributed by atoms with Gasteiger partial charge in [-0.05, 0) is 24.8 Å². The fourth-order valence-electron chi connectivity index (χ4n) is 3.59. The van der Waals surface area contributed by atoms with E-state index in [-0.39, 0.29) is 11.9 Å². The van der Waals surface area contributed by atoms with Crippen molar-refractivity contribution in [2.75, 3.05) is 26.2 Å². The average Bonchev–Trinajstić information content (AvgIpc) is 3.11. The molecule has 0 radical (unpaired) electrons. The summed E-state index contributed by atoms with van der Waals surface area (Å²) in [6, 6.07) is 10.3. The first-order chi connectivity index (χ1) is 11.2. The highest BCUT2D eigenvalue weighted by Gasteiger charge is 2.34. The summed E-state index contributed by atoms with van der Waals surface area (Å²) in [7, 11) is 0. The van der Waals surface area contributed by atoms with Gasteiger partial charge in [0, 0.05) is 32.1 Å². The highest BCUT2D eigenvalue weighted by molar-refractivity contribution is 5.80. The Morgan fingerprint density at radius 3 is 2.52 bits per heavy atom. The number of hydrogen-bond acceptors (Lipinski definition) is 3. The van der Waals surface area contributed by atoms with Crippen molar-refractivity contribution in [3.8, 4) is 0 Å². The number of hydroxylamine groups is 1. The molecule has 3 rings (SSSR count). The van der Waals surface area contributed by atoms with Crippen molar-refractivity contribution in [2.24, 2.45) is 5.92 Å². The molecule has 23 heavy (non-hydrogen) atoms. The Balaban J connectivity index is 1.59. The van der Waals surface area contributed by atoms with Crippen LogP contribution in [0.5, 0.6) is 0 Å². The second-order valence-electron chi connectivity index (χ2n) is 6.39. The van der Waals surface area contributed by atoms with Crippen molar-refractivity contribution in [3.63, 3.8) is 0 Å². The van der Waals surface area contributed by atoms with Crippen LogP contribution >= 0.6 is 0 Å². The highest BCUT2D eigenvalue weighted by Crippen LogP contribution is 2.28. The van der Waals surface area contributed by atoms with Gasteiger partial charge in [-0.25, -0.2) is 10.3 Å². The minimum absolute atomic E-state index is 0.0128. The topological polar surface area (TPSA) is 72.9 Å². The molecule has 3 amide bonds. The summed E-state index contributed by atoms with van der Waals surface area (Å²) in [5.41, 5.74) is 2.98. The molecule has 2 N–H and O–H groups in total. The first-order valence-electron chi connectivity index (χ1n) is 8.22. The van der Waals surface area contributed by atoms with Crippen LogP contribution in [0.2, 0.25) is 0 Å². The Kier molecular flexibility index (Phi) is 4.81. The summed E-state index contributed by atoms with van der Waals surface area (Å²) >= 11 is 0. The zero-order valence-electron chi connectivity index (χ0n) is 13.1. The van der Waals surface area contributed by atoms with Crippen molar-refractivity contribution in [3.05, 3.63) is 35.9 Å². The van der Waals surface area contributed by atoms with Crippen LogP contribution < -0.4 is 5.48 Å². The molecule has 0 saturated carbocycles. The van der Waals surface area contributed by atoms with Gasteiger partial charge in [0.2, 0.25) is 5.91 Å². The molecule has 6 heteroatoms. The standard InChI is InChI=1S/C17H23N3O3/c21-16(18-23)15-7-4-9-19(12-15)17(22)20-10-8-14(11-20)13-5-2-1-3-6-13/h1-3,5-6,14-15,23H,4,7-12H2,(H,18,21)/t14?,15-/m0/s1. The monoisotopic (exact) mass is 317 g/mol. The second-order valence-corrected chi connectivity index (χ2v) is 6.39. The van der Waals surface area contributed by atoms with Gasteiger partial charge in [0.15, 0.2) is 0 Å². The zero-order valence-corrected chi connectivity index (χ0v) is 13.1. The largest absolute Gasteiger partial charge is 0.324 e. The third-order valence-corrected chi connectivity index (χ3v) is 4.90. The fourth-order valence-corrected chi connectivity index (χ4v) is 3.59. The molecule has 1 unspecified atom stereocenters. The predicted octanol–water partition coefficient (Wildman–Crippen LogP) is 1.81. The summed E-state index contributed by atoms with van der Waals surface area (Å²) in [5, 5.41) is 8.77. The Morgan fingerprint density at radius 2 is 1.78 bits per heavy atom. The van der Waals surface area contributed by atoms with Crippen LogP contribution in [-0.4, -0.2) is 53.1 Å². The van der Waals surface area contributed by atoms with E-state index in [4.69, 9.17) is 5.21 Å². The van der Waals surface area contributed by atoms with Gasteiger partial charge in [0.1, 0.15) is 0 Å². The summed E-state index contributed by atoms with van der Waals surface area (Å²) < 4.78 is 0. The molecule has 2 aliphatic heterocycles. The number of carbonyl (C=O) groups excluding carboxylic acids is 2. The number of carbonyl (C=O) groups is 2. The number of piperidine rings is 1. The predicted molar refractivity (Wildman–Crippen MR) is 85.0 cm³/mol. The number of benzene rings is 1. The number of rotatable bonds is 2. The lowest BCUT2D eigenvalue weighted by Crippen LogP contribution is -2.49. The zero-order chi connectivity index (χ0) is 16.2. The Morgan fingerprint density at radius 1 is 1.04 bits per heavy atom. The first kappa shape index (κ1) is 15.8. The van der Waals surface area contributed by atoms with E-state index >= 15 is 0 Å². The molecule has 1 aromatic rings. The van der Waals surface area contributed by atoms with Crippen LogP contribution in [-0.2, 0) is 4.79 Å². The van der Waals surface area contributed by atoms with E-state index in [0.717, 1.165) is 25.9 Å². The minimum Gasteiger partial charge on any atom is -0.324 e. The number of urea groups is 1. The molecule has 124 valence electrons. The summed E-state index contributed by atoms with van der Waals surface area (Å²) in [4.78, 5) is 27.9. The van der Waals surface area contributed by atoms with Gasteiger partial charge in [-0.2, -0.15) is 0 Å². The van der Waals surface area contributed by atoms with Crippen molar-refractivity contribution in [2.45, 2.75) is 25.2 Å². The van der Waals surface area contributed by atoms with E-state index in [0.29, 0.717) is 25.4 Å². The number of amides is 3. The highest BCUT2D eigenvalue weighted by atomic mass is 16.5. The lowest BCUT2D eigenvalue weighted by atomic mass is 9.97. The molecular formula is C17H23N3O3. The molecule has 6 nitrogen and oxygen atoms in total. The van der Waals surface area contributed by atoms with E-state index in [1.807, 2.05) is 23.1 Å². The molecule has 0 aromatic heterocycles. The molecule has 2 atom stereocenters.